The lowest BCUT2D eigenvalue weighted by atomic mass is 10.1. The van der Waals surface area contributed by atoms with Crippen LogP contribution in [0.1, 0.15) is 38.8 Å². The number of rotatable bonds is 10. The number of thioether (sulfide) groups is 1. The molecule has 0 bridgehead atoms. The molecular formula is C20H27N3O3S. The van der Waals surface area contributed by atoms with Gasteiger partial charge in [0, 0.05) is 37.5 Å². The third kappa shape index (κ3) is 5.60. The van der Waals surface area contributed by atoms with Crippen LogP contribution in [0.2, 0.25) is 0 Å². The molecule has 0 spiro atoms. The maximum atomic E-state index is 12.1. The number of carbonyl (C=O) groups is 2. The SMILES string of the molecule is CCCSc1nc(CC(C(=O)O)N(C)C(=O)CCC)cn1-c1ccccc1. The van der Waals surface area contributed by atoms with E-state index in [0.29, 0.717) is 18.5 Å². The first kappa shape index (κ1) is 21.0. The lowest BCUT2D eigenvalue weighted by molar-refractivity contribution is -0.149. The molecular weight excluding hydrogens is 362 g/mol. The van der Waals surface area contributed by atoms with Crippen molar-refractivity contribution < 1.29 is 14.7 Å². The number of benzene rings is 1. The monoisotopic (exact) mass is 389 g/mol. The average molecular weight is 390 g/mol. The summed E-state index contributed by atoms with van der Waals surface area (Å²) >= 11 is 1.64. The Kier molecular flexibility index (Phi) is 7.91. The minimum absolute atomic E-state index is 0.159. The number of carboxylic acid groups (broad SMARTS) is 1. The first-order valence-corrected chi connectivity index (χ1v) is 10.2. The average Bonchev–Trinajstić information content (AvgIpc) is 3.07. The largest absolute Gasteiger partial charge is 0.480 e. The van der Waals surface area contributed by atoms with Crippen molar-refractivity contribution >= 4 is 23.6 Å². The van der Waals surface area contributed by atoms with Gasteiger partial charge in [0.25, 0.3) is 0 Å². The standard InChI is InChI=1S/C20H27N3O3S/c1-4-9-18(24)22(3)17(19(25)26)13-15-14-23(16-10-7-6-8-11-16)20(21-15)27-12-5-2/h6-8,10-11,14,17H,4-5,9,12-13H2,1-3H3,(H,25,26). The Morgan fingerprint density at radius 3 is 2.52 bits per heavy atom. The van der Waals surface area contributed by atoms with Crippen molar-refractivity contribution in [3.8, 4) is 5.69 Å². The summed E-state index contributed by atoms with van der Waals surface area (Å²) < 4.78 is 1.99. The van der Waals surface area contributed by atoms with E-state index in [4.69, 9.17) is 0 Å². The van der Waals surface area contributed by atoms with Crippen LogP contribution < -0.4 is 0 Å². The van der Waals surface area contributed by atoms with E-state index in [2.05, 4.69) is 11.9 Å². The number of nitrogens with zero attached hydrogens (tertiary/aromatic N) is 3. The fraction of sp³-hybridized carbons (Fsp3) is 0.450. The normalized spacial score (nSPS) is 12.0. The molecule has 1 N–H and O–H groups in total. The summed E-state index contributed by atoms with van der Waals surface area (Å²) in [5.74, 6) is -0.243. The van der Waals surface area contributed by atoms with Crippen LogP contribution in [-0.4, -0.2) is 50.3 Å². The molecule has 1 unspecified atom stereocenters. The van der Waals surface area contributed by atoms with Crippen LogP contribution in [0.5, 0.6) is 0 Å². The first-order chi connectivity index (χ1) is 13.0. The van der Waals surface area contributed by atoms with Gasteiger partial charge in [-0.2, -0.15) is 0 Å². The highest BCUT2D eigenvalue weighted by molar-refractivity contribution is 7.99. The predicted molar refractivity (Wildman–Crippen MR) is 107 cm³/mol. The molecule has 27 heavy (non-hydrogen) atoms. The Bertz CT molecular complexity index is 761. The van der Waals surface area contributed by atoms with Crippen LogP contribution in [0.4, 0.5) is 0 Å². The van der Waals surface area contributed by atoms with Crippen molar-refractivity contribution in [1.82, 2.24) is 14.5 Å². The zero-order valence-corrected chi connectivity index (χ0v) is 16.9. The third-order valence-electron chi connectivity index (χ3n) is 4.21. The highest BCUT2D eigenvalue weighted by Gasteiger charge is 2.27. The van der Waals surface area contributed by atoms with Crippen LogP contribution in [-0.2, 0) is 16.0 Å². The van der Waals surface area contributed by atoms with Gasteiger partial charge in [-0.05, 0) is 25.0 Å². The van der Waals surface area contributed by atoms with Crippen LogP contribution >= 0.6 is 11.8 Å². The molecule has 1 aromatic carbocycles. The first-order valence-electron chi connectivity index (χ1n) is 9.22. The Morgan fingerprint density at radius 1 is 1.22 bits per heavy atom. The van der Waals surface area contributed by atoms with Crippen LogP contribution in [0.15, 0.2) is 41.7 Å². The number of amides is 1. The van der Waals surface area contributed by atoms with Crippen molar-refractivity contribution in [3.63, 3.8) is 0 Å². The summed E-state index contributed by atoms with van der Waals surface area (Å²) in [5.41, 5.74) is 1.65. The fourth-order valence-corrected chi connectivity index (χ4v) is 3.59. The molecule has 0 radical (unpaired) electrons. The molecule has 1 aromatic heterocycles. The topological polar surface area (TPSA) is 75.4 Å². The Balaban J connectivity index is 2.29. The highest BCUT2D eigenvalue weighted by Crippen LogP contribution is 2.24. The Hall–Kier alpha value is -2.28. The van der Waals surface area contributed by atoms with E-state index in [1.807, 2.05) is 48.0 Å². The zero-order valence-electron chi connectivity index (χ0n) is 16.1. The van der Waals surface area contributed by atoms with E-state index in [-0.39, 0.29) is 12.3 Å². The molecule has 1 heterocycles. The quantitative estimate of drug-likeness (QED) is 0.628. The predicted octanol–water partition coefficient (Wildman–Crippen LogP) is 3.63. The smallest absolute Gasteiger partial charge is 0.326 e. The molecule has 0 aliphatic rings. The number of hydrogen-bond acceptors (Lipinski definition) is 4. The van der Waals surface area contributed by atoms with Crippen molar-refractivity contribution in [2.75, 3.05) is 12.8 Å². The maximum absolute atomic E-state index is 12.1. The molecule has 0 aliphatic carbocycles. The van der Waals surface area contributed by atoms with Gasteiger partial charge in [-0.25, -0.2) is 9.78 Å². The van der Waals surface area contributed by atoms with Crippen LogP contribution in [0.3, 0.4) is 0 Å². The molecule has 0 fully saturated rings. The van der Waals surface area contributed by atoms with Gasteiger partial charge in [-0.3, -0.25) is 9.36 Å². The van der Waals surface area contributed by atoms with Crippen molar-refractivity contribution in [2.45, 2.75) is 50.7 Å². The third-order valence-corrected chi connectivity index (χ3v) is 5.36. The van der Waals surface area contributed by atoms with Crippen LogP contribution in [0, 0.1) is 0 Å². The number of carbonyl (C=O) groups excluding carboxylic acids is 1. The molecule has 0 saturated heterocycles. The number of para-hydroxylation sites is 1. The minimum atomic E-state index is -1.01. The number of hydrogen-bond donors (Lipinski definition) is 1. The molecule has 7 heteroatoms. The molecule has 6 nitrogen and oxygen atoms in total. The lowest BCUT2D eigenvalue weighted by Gasteiger charge is -2.24. The summed E-state index contributed by atoms with van der Waals surface area (Å²) in [6.07, 6.45) is 4.11. The number of aliphatic carboxylic acids is 1. The van der Waals surface area contributed by atoms with E-state index >= 15 is 0 Å². The number of imidazole rings is 1. The van der Waals surface area contributed by atoms with Crippen molar-refractivity contribution in [1.29, 1.82) is 0 Å². The van der Waals surface area contributed by atoms with Crippen molar-refractivity contribution in [2.24, 2.45) is 0 Å². The molecule has 2 rings (SSSR count). The summed E-state index contributed by atoms with van der Waals surface area (Å²) in [6, 6.07) is 8.93. The lowest BCUT2D eigenvalue weighted by Crippen LogP contribution is -2.43. The highest BCUT2D eigenvalue weighted by atomic mass is 32.2. The number of carboxylic acids is 1. The van der Waals surface area contributed by atoms with Gasteiger partial charge in [-0.15, -0.1) is 0 Å². The van der Waals surface area contributed by atoms with Gasteiger partial charge in [0.1, 0.15) is 6.04 Å². The summed E-state index contributed by atoms with van der Waals surface area (Å²) in [5, 5.41) is 10.5. The Morgan fingerprint density at radius 2 is 1.93 bits per heavy atom. The maximum Gasteiger partial charge on any atom is 0.326 e. The molecule has 0 aliphatic heterocycles. The Labute approximate surface area is 164 Å². The second-order valence-corrected chi connectivity index (χ2v) is 7.44. The second kappa shape index (κ2) is 10.2. The second-order valence-electron chi connectivity index (χ2n) is 6.38. The molecule has 1 atom stereocenters. The van der Waals surface area contributed by atoms with Gasteiger partial charge in [0.05, 0.1) is 5.69 Å². The van der Waals surface area contributed by atoms with E-state index in [1.54, 1.807) is 18.8 Å². The molecule has 2 aromatic rings. The van der Waals surface area contributed by atoms with E-state index in [9.17, 15) is 14.7 Å². The number of likely N-dealkylation sites (N-methyl/N-ethyl adjacent to an activating group) is 1. The van der Waals surface area contributed by atoms with Crippen molar-refractivity contribution in [3.05, 3.63) is 42.2 Å². The summed E-state index contributed by atoms with van der Waals surface area (Å²) in [7, 11) is 1.55. The molecule has 146 valence electrons. The number of aromatic nitrogens is 2. The van der Waals surface area contributed by atoms with Gasteiger partial charge in [0.15, 0.2) is 5.16 Å². The van der Waals surface area contributed by atoms with E-state index in [0.717, 1.165) is 23.0 Å². The van der Waals surface area contributed by atoms with E-state index in [1.165, 1.54) is 4.90 Å². The summed E-state index contributed by atoms with van der Waals surface area (Å²) in [6.45, 7) is 4.01. The van der Waals surface area contributed by atoms with Gasteiger partial charge < -0.3 is 10.0 Å². The molecule has 1 amide bonds. The van der Waals surface area contributed by atoms with Gasteiger partial charge in [0.2, 0.25) is 5.91 Å². The minimum Gasteiger partial charge on any atom is -0.480 e. The van der Waals surface area contributed by atoms with Gasteiger partial charge >= 0.3 is 5.97 Å². The van der Waals surface area contributed by atoms with Gasteiger partial charge in [-0.1, -0.05) is 43.8 Å². The summed E-state index contributed by atoms with van der Waals surface area (Å²) in [4.78, 5) is 29.9. The zero-order chi connectivity index (χ0) is 19.8. The van der Waals surface area contributed by atoms with Crippen LogP contribution in [0.25, 0.3) is 5.69 Å². The molecule has 0 saturated carbocycles. The van der Waals surface area contributed by atoms with E-state index < -0.39 is 12.0 Å². The fourth-order valence-electron chi connectivity index (χ4n) is 2.73.